The Balaban J connectivity index is 1.36. The number of piperidine rings is 1. The third kappa shape index (κ3) is 5.77. The van der Waals surface area contributed by atoms with Crippen molar-refractivity contribution in [3.63, 3.8) is 0 Å². The van der Waals surface area contributed by atoms with E-state index in [1.165, 1.54) is 0 Å². The van der Waals surface area contributed by atoms with Gasteiger partial charge in [-0.25, -0.2) is 0 Å². The zero-order valence-corrected chi connectivity index (χ0v) is 18.7. The van der Waals surface area contributed by atoms with Gasteiger partial charge in [-0.2, -0.15) is 0 Å². The van der Waals surface area contributed by atoms with E-state index in [-0.39, 0.29) is 23.0 Å². The summed E-state index contributed by atoms with van der Waals surface area (Å²) >= 11 is 1.58. The van der Waals surface area contributed by atoms with Crippen molar-refractivity contribution in [2.24, 2.45) is 5.92 Å². The Bertz CT molecular complexity index is 1010. The predicted octanol–water partition coefficient (Wildman–Crippen LogP) is 4.47. The lowest BCUT2D eigenvalue weighted by atomic mass is 9.95. The summed E-state index contributed by atoms with van der Waals surface area (Å²) in [6.07, 6.45) is 4.84. The van der Waals surface area contributed by atoms with Crippen molar-refractivity contribution in [2.75, 3.05) is 13.1 Å². The van der Waals surface area contributed by atoms with Gasteiger partial charge in [0.25, 0.3) is 0 Å². The van der Waals surface area contributed by atoms with Crippen LogP contribution in [0.5, 0.6) is 0 Å². The van der Waals surface area contributed by atoms with Crippen molar-refractivity contribution >= 4 is 23.6 Å². The number of aromatic nitrogens is 1. The summed E-state index contributed by atoms with van der Waals surface area (Å²) in [4.78, 5) is 33.2. The highest BCUT2D eigenvalue weighted by Gasteiger charge is 2.32. The third-order valence-corrected chi connectivity index (χ3v) is 6.94. The van der Waals surface area contributed by atoms with Crippen molar-refractivity contribution in [1.82, 2.24) is 15.2 Å². The lowest BCUT2D eigenvalue weighted by Gasteiger charge is -2.33. The molecule has 3 aromatic rings. The molecule has 1 aliphatic heterocycles. The van der Waals surface area contributed by atoms with Gasteiger partial charge in [0.1, 0.15) is 5.25 Å². The molecule has 0 saturated carbocycles. The summed E-state index contributed by atoms with van der Waals surface area (Å²) in [7, 11) is 0. The SMILES string of the molecule is O=C(NCc1cccnc1)C1CCN(C(=O)C(Sc2ccccc2)c2ccccc2)CC1. The number of benzene rings is 2. The number of nitrogens with zero attached hydrogens (tertiary/aromatic N) is 2. The van der Waals surface area contributed by atoms with Crippen molar-refractivity contribution in [3.8, 4) is 0 Å². The highest BCUT2D eigenvalue weighted by atomic mass is 32.2. The molecule has 1 unspecified atom stereocenters. The number of pyridine rings is 1. The van der Waals surface area contributed by atoms with Gasteiger partial charge in [-0.05, 0) is 42.2 Å². The molecule has 1 atom stereocenters. The Morgan fingerprint density at radius 3 is 2.31 bits per heavy atom. The molecule has 1 N–H and O–H groups in total. The third-order valence-electron chi connectivity index (χ3n) is 5.69. The Hall–Kier alpha value is -3.12. The van der Waals surface area contributed by atoms with Gasteiger partial charge in [0, 0.05) is 42.8 Å². The first-order chi connectivity index (χ1) is 15.7. The largest absolute Gasteiger partial charge is 0.352 e. The lowest BCUT2D eigenvalue weighted by molar-refractivity contribution is -0.135. The van der Waals surface area contributed by atoms with Crippen LogP contribution in [0.1, 0.15) is 29.2 Å². The first kappa shape index (κ1) is 22.1. The maximum Gasteiger partial charge on any atom is 0.240 e. The van der Waals surface area contributed by atoms with Crippen LogP contribution in [0, 0.1) is 5.92 Å². The maximum absolute atomic E-state index is 13.5. The van der Waals surface area contributed by atoms with Crippen LogP contribution in [0.4, 0.5) is 0 Å². The van der Waals surface area contributed by atoms with Crippen molar-refractivity contribution in [2.45, 2.75) is 29.5 Å². The number of hydrogen-bond donors (Lipinski definition) is 1. The maximum atomic E-state index is 13.5. The second kappa shape index (κ2) is 11.0. The van der Waals surface area contributed by atoms with E-state index >= 15 is 0 Å². The quantitative estimate of drug-likeness (QED) is 0.545. The van der Waals surface area contributed by atoms with E-state index in [1.54, 1.807) is 24.2 Å². The van der Waals surface area contributed by atoms with E-state index in [2.05, 4.69) is 10.3 Å². The molecule has 1 aromatic heterocycles. The summed E-state index contributed by atoms with van der Waals surface area (Å²) in [5.41, 5.74) is 1.99. The fourth-order valence-electron chi connectivity index (χ4n) is 3.89. The monoisotopic (exact) mass is 445 g/mol. The Morgan fingerprint density at radius 2 is 1.66 bits per heavy atom. The van der Waals surface area contributed by atoms with Gasteiger partial charge >= 0.3 is 0 Å². The van der Waals surface area contributed by atoms with Crippen LogP contribution in [-0.4, -0.2) is 34.8 Å². The summed E-state index contributed by atoms with van der Waals surface area (Å²) < 4.78 is 0. The van der Waals surface area contributed by atoms with Gasteiger partial charge in [0.2, 0.25) is 11.8 Å². The molecule has 1 saturated heterocycles. The average Bonchev–Trinajstić information content (AvgIpc) is 2.87. The molecule has 4 rings (SSSR count). The molecule has 0 spiro atoms. The van der Waals surface area contributed by atoms with Crippen LogP contribution in [0.25, 0.3) is 0 Å². The number of thioether (sulfide) groups is 1. The normalized spacial score (nSPS) is 15.2. The minimum absolute atomic E-state index is 0.0548. The van der Waals surface area contributed by atoms with Crippen LogP contribution in [0.2, 0.25) is 0 Å². The number of carbonyl (C=O) groups is 2. The molecule has 0 radical (unpaired) electrons. The van der Waals surface area contributed by atoms with E-state index < -0.39 is 0 Å². The molecule has 6 heteroatoms. The molecule has 2 aromatic carbocycles. The van der Waals surface area contributed by atoms with Crippen LogP contribution >= 0.6 is 11.8 Å². The zero-order valence-electron chi connectivity index (χ0n) is 17.9. The van der Waals surface area contributed by atoms with E-state index in [1.807, 2.05) is 77.7 Å². The fraction of sp³-hybridized carbons (Fsp3) is 0.269. The topological polar surface area (TPSA) is 62.3 Å². The number of likely N-dealkylation sites (tertiary alicyclic amines) is 1. The zero-order chi connectivity index (χ0) is 22.2. The lowest BCUT2D eigenvalue weighted by Crippen LogP contribution is -2.44. The van der Waals surface area contributed by atoms with E-state index in [0.717, 1.165) is 16.0 Å². The summed E-state index contributed by atoms with van der Waals surface area (Å²) in [6.45, 7) is 1.68. The first-order valence-corrected chi connectivity index (χ1v) is 11.8. The number of nitrogens with one attached hydrogen (secondary N) is 1. The van der Waals surface area contributed by atoms with Gasteiger partial charge in [-0.1, -0.05) is 54.6 Å². The standard InChI is InChI=1S/C26H27N3O2S/c30-25(28-19-20-8-7-15-27-18-20)22-13-16-29(17-14-22)26(31)24(21-9-3-1-4-10-21)32-23-11-5-2-6-12-23/h1-12,15,18,22,24H,13-14,16-17,19H2,(H,28,30). The minimum atomic E-state index is -0.297. The van der Waals surface area contributed by atoms with E-state index in [9.17, 15) is 9.59 Å². The molecule has 1 aliphatic rings. The number of carbonyl (C=O) groups excluding carboxylic acids is 2. The van der Waals surface area contributed by atoms with Crippen molar-refractivity contribution in [3.05, 3.63) is 96.3 Å². The van der Waals surface area contributed by atoms with Crippen molar-refractivity contribution < 1.29 is 9.59 Å². The molecule has 0 aliphatic carbocycles. The van der Waals surface area contributed by atoms with E-state index in [0.29, 0.717) is 32.5 Å². The molecule has 164 valence electrons. The Morgan fingerprint density at radius 1 is 0.969 bits per heavy atom. The molecule has 1 fully saturated rings. The van der Waals surface area contributed by atoms with Gasteiger partial charge in [-0.15, -0.1) is 11.8 Å². The number of amides is 2. The second-order valence-corrected chi connectivity index (χ2v) is 9.08. The Labute approximate surface area is 193 Å². The molecule has 2 heterocycles. The van der Waals surface area contributed by atoms with Crippen LogP contribution in [-0.2, 0) is 16.1 Å². The fourth-order valence-corrected chi connectivity index (χ4v) is 5.02. The first-order valence-electron chi connectivity index (χ1n) is 10.9. The number of rotatable bonds is 7. The minimum Gasteiger partial charge on any atom is -0.352 e. The highest BCUT2D eigenvalue weighted by molar-refractivity contribution is 8.00. The molecule has 32 heavy (non-hydrogen) atoms. The van der Waals surface area contributed by atoms with Gasteiger partial charge < -0.3 is 10.2 Å². The summed E-state index contributed by atoms with van der Waals surface area (Å²) in [5, 5.41) is 2.71. The van der Waals surface area contributed by atoms with Gasteiger partial charge in [0.15, 0.2) is 0 Å². The number of hydrogen-bond acceptors (Lipinski definition) is 4. The van der Waals surface area contributed by atoms with Crippen molar-refractivity contribution in [1.29, 1.82) is 0 Å². The van der Waals surface area contributed by atoms with Gasteiger partial charge in [-0.3, -0.25) is 14.6 Å². The van der Waals surface area contributed by atoms with Gasteiger partial charge in [0.05, 0.1) is 0 Å². The molecular formula is C26H27N3O2S. The summed E-state index contributed by atoms with van der Waals surface area (Å²) in [6, 6.07) is 23.8. The Kier molecular flexibility index (Phi) is 7.56. The van der Waals surface area contributed by atoms with E-state index in [4.69, 9.17) is 0 Å². The smallest absolute Gasteiger partial charge is 0.240 e. The average molecular weight is 446 g/mol. The van der Waals surface area contributed by atoms with Crippen LogP contribution < -0.4 is 5.32 Å². The molecule has 5 nitrogen and oxygen atoms in total. The molecule has 2 amide bonds. The molecule has 0 bridgehead atoms. The second-order valence-electron chi connectivity index (χ2n) is 7.90. The van der Waals surface area contributed by atoms with Crippen LogP contribution in [0.3, 0.4) is 0 Å². The molecular weight excluding hydrogens is 418 g/mol. The van der Waals surface area contributed by atoms with Crippen LogP contribution in [0.15, 0.2) is 90.1 Å². The highest BCUT2D eigenvalue weighted by Crippen LogP contribution is 2.37. The predicted molar refractivity (Wildman–Crippen MR) is 127 cm³/mol. The summed E-state index contributed by atoms with van der Waals surface area (Å²) in [5.74, 6) is 0.103.